The van der Waals surface area contributed by atoms with Crippen molar-refractivity contribution in [3.63, 3.8) is 0 Å². The summed E-state index contributed by atoms with van der Waals surface area (Å²) < 4.78 is 52.7. The second-order valence-corrected chi connectivity index (χ2v) is 16.8. The molecule has 4 atom stereocenters. The van der Waals surface area contributed by atoms with E-state index < -0.39 is 17.6 Å². The average Bonchev–Trinajstić information content (AvgIpc) is 3.84. The third-order valence-corrected chi connectivity index (χ3v) is 11.9. The summed E-state index contributed by atoms with van der Waals surface area (Å²) >= 11 is 1.24. The van der Waals surface area contributed by atoms with Crippen molar-refractivity contribution in [1.29, 1.82) is 0 Å². The highest BCUT2D eigenvalue weighted by Crippen LogP contribution is 2.42. The minimum atomic E-state index is -0.960. The molecule has 332 valence electrons. The molecule has 1 fully saturated rings. The van der Waals surface area contributed by atoms with E-state index in [1.54, 1.807) is 5.01 Å². The van der Waals surface area contributed by atoms with E-state index in [9.17, 15) is 23.2 Å². The van der Waals surface area contributed by atoms with Gasteiger partial charge in [0, 0.05) is 62.4 Å². The van der Waals surface area contributed by atoms with Crippen molar-refractivity contribution < 1.29 is 42.1 Å². The van der Waals surface area contributed by atoms with Crippen LogP contribution in [0.5, 0.6) is 11.5 Å². The number of aromatic nitrogens is 1. The molecule has 0 saturated heterocycles. The van der Waals surface area contributed by atoms with Crippen LogP contribution in [0, 0.1) is 30.0 Å². The number of hydrogen-bond acceptors (Lipinski definition) is 11. The first-order valence-corrected chi connectivity index (χ1v) is 22.2. The monoisotopic (exact) mass is 881 g/mol. The van der Waals surface area contributed by atoms with Gasteiger partial charge in [0.25, 0.3) is 11.8 Å². The first-order valence-electron chi connectivity index (χ1n) is 21.4. The molecule has 2 aliphatic rings. The van der Waals surface area contributed by atoms with Crippen LogP contribution >= 0.6 is 11.3 Å². The quantitative estimate of drug-likeness (QED) is 0.0136. The Morgan fingerprint density at radius 1 is 0.968 bits per heavy atom. The van der Waals surface area contributed by atoms with Gasteiger partial charge in [-0.05, 0) is 85.4 Å². The van der Waals surface area contributed by atoms with Crippen molar-refractivity contribution in [3.05, 3.63) is 120 Å². The number of esters is 1. The molecule has 1 aromatic heterocycles. The van der Waals surface area contributed by atoms with Gasteiger partial charge in [-0.1, -0.05) is 56.0 Å². The van der Waals surface area contributed by atoms with Crippen molar-refractivity contribution in [2.75, 3.05) is 44.5 Å². The second-order valence-electron chi connectivity index (χ2n) is 15.8. The summed E-state index contributed by atoms with van der Waals surface area (Å²) in [7, 11) is 0. The van der Waals surface area contributed by atoms with E-state index in [0.717, 1.165) is 42.2 Å². The van der Waals surface area contributed by atoms with Crippen molar-refractivity contribution in [2.45, 2.75) is 76.9 Å². The molecule has 1 aliphatic heterocycles. The zero-order valence-electron chi connectivity index (χ0n) is 35.6. The Morgan fingerprint density at radius 2 is 1.65 bits per heavy atom. The van der Waals surface area contributed by atoms with Crippen molar-refractivity contribution in [1.82, 2.24) is 9.88 Å². The lowest BCUT2D eigenvalue weighted by atomic mass is 9.74. The molecule has 12 nitrogen and oxygen atoms in total. The van der Waals surface area contributed by atoms with E-state index in [-0.39, 0.29) is 48.4 Å². The lowest BCUT2D eigenvalue weighted by Gasteiger charge is -2.37. The summed E-state index contributed by atoms with van der Waals surface area (Å²) in [5, 5.41) is 7.30. The molecule has 63 heavy (non-hydrogen) atoms. The largest absolute Gasteiger partial charge is 0.494 e. The van der Waals surface area contributed by atoms with Gasteiger partial charge in [-0.3, -0.25) is 14.5 Å². The van der Waals surface area contributed by atoms with E-state index in [4.69, 9.17) is 30.6 Å². The predicted molar refractivity (Wildman–Crippen MR) is 239 cm³/mol. The van der Waals surface area contributed by atoms with Crippen molar-refractivity contribution >= 4 is 50.7 Å². The van der Waals surface area contributed by atoms with E-state index in [1.807, 2.05) is 42.6 Å². The second kappa shape index (κ2) is 22.9. The van der Waals surface area contributed by atoms with Gasteiger partial charge >= 0.3 is 5.97 Å². The van der Waals surface area contributed by atoms with Gasteiger partial charge in [0.1, 0.15) is 11.5 Å². The Balaban J connectivity index is 1.17. The summed E-state index contributed by atoms with van der Waals surface area (Å²) in [6.45, 7) is 17.0. The molecule has 6 rings (SSSR count). The van der Waals surface area contributed by atoms with Crippen LogP contribution in [-0.4, -0.2) is 79.4 Å². The van der Waals surface area contributed by atoms with Crippen LogP contribution in [0.2, 0.25) is 0 Å². The van der Waals surface area contributed by atoms with Gasteiger partial charge in [-0.25, -0.2) is 30.1 Å². The number of nitrogens with zero attached hydrogens (tertiary/aromatic N) is 5. The maximum absolute atomic E-state index is 14.2. The Bertz CT molecular complexity index is 2240. The predicted octanol–water partition coefficient (Wildman–Crippen LogP) is 9.62. The van der Waals surface area contributed by atoms with Gasteiger partial charge in [0.2, 0.25) is 11.7 Å². The molecule has 0 radical (unpaired) electrons. The van der Waals surface area contributed by atoms with Crippen molar-refractivity contribution in [2.24, 2.45) is 16.9 Å². The van der Waals surface area contributed by atoms with E-state index >= 15 is 0 Å². The Kier molecular flexibility index (Phi) is 16.9. The fourth-order valence-corrected chi connectivity index (χ4v) is 8.60. The van der Waals surface area contributed by atoms with Gasteiger partial charge in [0.15, 0.2) is 11.6 Å². The summed E-state index contributed by atoms with van der Waals surface area (Å²) in [6.07, 6.45) is 10.1. The molecule has 4 aromatic rings. The van der Waals surface area contributed by atoms with Crippen LogP contribution in [-0.2, 0) is 23.9 Å². The zero-order chi connectivity index (χ0) is 44.7. The van der Waals surface area contributed by atoms with Gasteiger partial charge in [-0.2, -0.15) is 5.10 Å². The molecule has 2 heterocycles. The maximum atomic E-state index is 14.2. The molecule has 15 heteroatoms. The molecule has 4 unspecified atom stereocenters. The molecular formula is C48H53F2N5O7S. The number of hydrazone groups is 1. The minimum Gasteiger partial charge on any atom is -0.494 e. The lowest BCUT2D eigenvalue weighted by molar-refractivity contribution is -0.138. The fourth-order valence-electron chi connectivity index (χ4n) is 7.65. The number of amides is 2. The highest BCUT2D eigenvalue weighted by Gasteiger charge is 2.34. The standard InChI is InChI=1S/C48H53F2N5O7S/c1-5-46(58)61-27-9-26-60-36-14-10-33(11-15-36)39-19-18-38(62-47(32(2)3)34-12-16-37(17-13-34)59-25-8-23-54-44(56)20-21-45(54)57)28-35(39)31-52-55(24-7-6-22-51-4)48-53-42-29-40(49)41(50)30-43(42)63-48/h5,10-17,20-21,29-32,35,38-39,47H,1,6-9,18-19,22-28H2,2-3H3/b52-31+. The number of ether oxygens (including phenoxy) is 4. The number of hydrogen-bond donors (Lipinski definition) is 0. The van der Waals surface area contributed by atoms with Crippen LogP contribution in [0.25, 0.3) is 15.1 Å². The number of fused-ring (bicyclic) bond motifs is 1. The number of rotatable bonds is 23. The summed E-state index contributed by atoms with van der Waals surface area (Å²) in [4.78, 5) is 44.4. The number of thiazole rings is 1. The average molecular weight is 882 g/mol. The summed E-state index contributed by atoms with van der Waals surface area (Å²) in [6, 6.07) is 18.1. The fraction of sp³-hybridized carbons (Fsp3) is 0.417. The number of benzene rings is 3. The third-order valence-electron chi connectivity index (χ3n) is 10.9. The molecule has 0 N–H and O–H groups in total. The topological polar surface area (TPSA) is 124 Å². The molecule has 2 amide bonds. The van der Waals surface area contributed by atoms with Crippen LogP contribution in [0.1, 0.15) is 81.9 Å². The Hall–Kier alpha value is -5.98. The number of imide groups is 1. The molecule has 3 aromatic carbocycles. The Labute approximate surface area is 371 Å². The van der Waals surface area contributed by atoms with Gasteiger partial charge in [0.05, 0.1) is 42.2 Å². The normalized spacial score (nSPS) is 18.0. The first-order chi connectivity index (χ1) is 30.5. The summed E-state index contributed by atoms with van der Waals surface area (Å²) in [5.74, 6) is -1.39. The van der Waals surface area contributed by atoms with Gasteiger partial charge in [-0.15, -0.1) is 0 Å². The van der Waals surface area contributed by atoms with Gasteiger partial charge < -0.3 is 23.8 Å². The molecular weight excluding hydrogens is 829 g/mol. The van der Waals surface area contributed by atoms with E-state index in [2.05, 4.69) is 42.4 Å². The van der Waals surface area contributed by atoms with Crippen LogP contribution in [0.4, 0.5) is 13.9 Å². The maximum Gasteiger partial charge on any atom is 0.330 e. The van der Waals surface area contributed by atoms with E-state index in [1.165, 1.54) is 28.4 Å². The van der Waals surface area contributed by atoms with E-state index in [0.29, 0.717) is 91.8 Å². The number of halogens is 2. The number of carbonyl (C=O) groups excluding carboxylic acids is 3. The smallest absolute Gasteiger partial charge is 0.330 e. The number of anilines is 1. The summed E-state index contributed by atoms with van der Waals surface area (Å²) in [5.41, 5.74) is 2.50. The lowest BCUT2D eigenvalue weighted by Crippen LogP contribution is -2.32. The Morgan fingerprint density at radius 3 is 2.33 bits per heavy atom. The minimum absolute atomic E-state index is 0.0596. The molecule has 0 bridgehead atoms. The van der Waals surface area contributed by atoms with Crippen molar-refractivity contribution in [3.8, 4) is 11.5 Å². The first kappa shape index (κ1) is 46.5. The van der Waals surface area contributed by atoms with Crippen LogP contribution in [0.15, 0.2) is 90.6 Å². The SMILES string of the molecule is [C-]#[N+]CCCCN(/N=C/C1CC(OC(c2ccc(OCCCN3C(=O)C=CC3=O)cc2)C(C)C)CCC1c1ccc(OCCCOC(=O)C=C)cc1)c1nc2cc(F)c(F)cc2s1. The van der Waals surface area contributed by atoms with Crippen LogP contribution < -0.4 is 14.5 Å². The number of unbranched alkanes of at least 4 members (excludes halogenated alkanes) is 1. The molecule has 0 spiro atoms. The molecule has 1 aliphatic carbocycles. The highest BCUT2D eigenvalue weighted by molar-refractivity contribution is 7.22. The van der Waals surface area contributed by atoms with Crippen LogP contribution in [0.3, 0.4) is 0 Å². The zero-order valence-corrected chi connectivity index (χ0v) is 36.4. The highest BCUT2D eigenvalue weighted by atomic mass is 32.1. The third kappa shape index (κ3) is 13.0. The number of carbonyl (C=O) groups is 3. The molecule has 1 saturated carbocycles.